The van der Waals surface area contributed by atoms with Gasteiger partial charge in [-0.1, -0.05) is 67.4 Å². The Morgan fingerprint density at radius 1 is 0.952 bits per heavy atom. The van der Waals surface area contributed by atoms with E-state index in [1.807, 2.05) is 30.3 Å². The Morgan fingerprint density at radius 2 is 1.52 bits per heavy atom. The summed E-state index contributed by atoms with van der Waals surface area (Å²) in [5.41, 5.74) is 2.05. The lowest BCUT2D eigenvalue weighted by molar-refractivity contribution is 0.343. The Morgan fingerprint density at radius 3 is 2.05 bits per heavy atom. The number of hydrogen-bond donors (Lipinski definition) is 0. The summed E-state index contributed by atoms with van der Waals surface area (Å²) in [5, 5.41) is 1.01. The van der Waals surface area contributed by atoms with E-state index in [1.165, 1.54) is 5.56 Å². The molecular formula is C17H17Cl3O. The van der Waals surface area contributed by atoms with E-state index in [1.54, 1.807) is 0 Å². The van der Waals surface area contributed by atoms with E-state index in [-0.39, 0.29) is 5.41 Å². The molecule has 0 unspecified atom stereocenters. The number of benzene rings is 2. The highest BCUT2D eigenvalue weighted by Gasteiger charge is 2.25. The van der Waals surface area contributed by atoms with Gasteiger partial charge in [0.2, 0.25) is 0 Å². The van der Waals surface area contributed by atoms with Crippen molar-refractivity contribution in [1.82, 2.24) is 0 Å². The van der Waals surface area contributed by atoms with Gasteiger partial charge in [-0.15, -0.1) is 11.6 Å². The Labute approximate surface area is 140 Å². The molecule has 0 aliphatic rings. The number of ether oxygens (including phenoxy) is 1. The van der Waals surface area contributed by atoms with Crippen molar-refractivity contribution in [1.29, 1.82) is 0 Å². The molecule has 2 aromatic carbocycles. The molecule has 112 valence electrons. The van der Waals surface area contributed by atoms with Crippen molar-refractivity contribution in [2.75, 3.05) is 12.5 Å². The average molecular weight is 344 g/mol. The van der Waals surface area contributed by atoms with Crippen LogP contribution < -0.4 is 4.74 Å². The molecule has 0 saturated carbocycles. The van der Waals surface area contributed by atoms with E-state index < -0.39 is 0 Å². The maximum Gasteiger partial charge on any atom is 0.156 e. The molecule has 0 atom stereocenters. The van der Waals surface area contributed by atoms with Crippen LogP contribution >= 0.6 is 34.8 Å². The molecule has 0 aliphatic heterocycles. The minimum absolute atomic E-state index is 0.195. The lowest BCUT2D eigenvalue weighted by atomic mass is 9.78. The van der Waals surface area contributed by atoms with E-state index >= 15 is 0 Å². The monoisotopic (exact) mass is 342 g/mol. The van der Waals surface area contributed by atoms with Crippen molar-refractivity contribution < 1.29 is 4.74 Å². The first-order chi connectivity index (χ1) is 9.96. The standard InChI is InChI=1S/C17H17Cl3O/c1-17(2,12-6-4-3-5-7-12)13-10-14(19)16(15(20)11-13)21-9-8-18/h3-7,10-11H,8-9H2,1-2H3. The van der Waals surface area contributed by atoms with Gasteiger partial charge in [-0.05, 0) is 23.3 Å². The van der Waals surface area contributed by atoms with Gasteiger partial charge in [0, 0.05) is 5.41 Å². The van der Waals surface area contributed by atoms with Crippen LogP contribution in [0.3, 0.4) is 0 Å². The molecule has 0 fully saturated rings. The van der Waals surface area contributed by atoms with E-state index in [9.17, 15) is 0 Å². The SMILES string of the molecule is CC(C)(c1ccccc1)c1cc(Cl)c(OCCCl)c(Cl)c1. The fraction of sp³-hybridized carbons (Fsp3) is 0.294. The number of halogens is 3. The molecule has 0 amide bonds. The summed E-state index contributed by atoms with van der Waals surface area (Å²) in [6.07, 6.45) is 0. The first kappa shape index (κ1) is 16.5. The zero-order valence-electron chi connectivity index (χ0n) is 12.0. The molecule has 0 aliphatic carbocycles. The fourth-order valence-electron chi connectivity index (χ4n) is 2.22. The second-order valence-corrected chi connectivity index (χ2v) is 6.49. The van der Waals surface area contributed by atoms with Gasteiger partial charge in [-0.2, -0.15) is 0 Å². The van der Waals surface area contributed by atoms with Gasteiger partial charge in [-0.3, -0.25) is 0 Å². The predicted octanol–water partition coefficient (Wildman–Crippen LogP) is 5.94. The summed E-state index contributed by atoms with van der Waals surface area (Å²) in [6.45, 7) is 4.66. The van der Waals surface area contributed by atoms with E-state index in [0.717, 1.165) is 5.56 Å². The minimum Gasteiger partial charge on any atom is -0.489 e. The van der Waals surface area contributed by atoms with Gasteiger partial charge in [0.25, 0.3) is 0 Å². The highest BCUT2D eigenvalue weighted by Crippen LogP contribution is 2.40. The van der Waals surface area contributed by atoms with E-state index in [2.05, 4.69) is 26.0 Å². The van der Waals surface area contributed by atoms with E-state index in [0.29, 0.717) is 28.3 Å². The summed E-state index contributed by atoms with van der Waals surface area (Å²) in [5.74, 6) is 0.885. The molecule has 0 bridgehead atoms. The van der Waals surface area contributed by atoms with E-state index in [4.69, 9.17) is 39.5 Å². The van der Waals surface area contributed by atoms with Crippen LogP contribution in [0.15, 0.2) is 42.5 Å². The molecule has 0 aromatic heterocycles. The van der Waals surface area contributed by atoms with Gasteiger partial charge in [0.1, 0.15) is 6.61 Å². The zero-order valence-corrected chi connectivity index (χ0v) is 14.3. The molecule has 0 N–H and O–H groups in total. The van der Waals surface area contributed by atoms with Crippen LogP contribution in [-0.2, 0) is 5.41 Å². The van der Waals surface area contributed by atoms with Gasteiger partial charge in [0.05, 0.1) is 15.9 Å². The quantitative estimate of drug-likeness (QED) is 0.611. The van der Waals surface area contributed by atoms with Crippen LogP contribution in [0.1, 0.15) is 25.0 Å². The van der Waals surface area contributed by atoms with Gasteiger partial charge in [0.15, 0.2) is 5.75 Å². The number of hydrogen-bond acceptors (Lipinski definition) is 1. The fourth-order valence-corrected chi connectivity index (χ4v) is 2.89. The van der Waals surface area contributed by atoms with Crippen LogP contribution in [0.25, 0.3) is 0 Å². The van der Waals surface area contributed by atoms with Gasteiger partial charge in [-0.25, -0.2) is 0 Å². The minimum atomic E-state index is -0.195. The molecule has 0 radical (unpaired) electrons. The Kier molecular flexibility index (Phi) is 5.43. The van der Waals surface area contributed by atoms with Crippen LogP contribution in [0.5, 0.6) is 5.75 Å². The van der Waals surface area contributed by atoms with Crippen molar-refractivity contribution >= 4 is 34.8 Å². The van der Waals surface area contributed by atoms with Crippen molar-refractivity contribution in [3.05, 3.63) is 63.6 Å². The number of rotatable bonds is 5. The summed E-state index contributed by atoms with van der Waals surface area (Å²) in [6, 6.07) is 14.1. The summed E-state index contributed by atoms with van der Waals surface area (Å²) in [4.78, 5) is 0. The molecule has 21 heavy (non-hydrogen) atoms. The first-order valence-corrected chi connectivity index (χ1v) is 7.99. The van der Waals surface area contributed by atoms with Gasteiger partial charge < -0.3 is 4.74 Å². The molecule has 1 nitrogen and oxygen atoms in total. The molecule has 0 saturated heterocycles. The maximum absolute atomic E-state index is 6.31. The lowest BCUT2D eigenvalue weighted by Gasteiger charge is -2.27. The third-order valence-corrected chi connectivity index (χ3v) is 4.25. The van der Waals surface area contributed by atoms with Crippen LogP contribution in [0.4, 0.5) is 0 Å². The highest BCUT2D eigenvalue weighted by molar-refractivity contribution is 6.37. The molecule has 2 rings (SSSR count). The number of alkyl halides is 1. The van der Waals surface area contributed by atoms with Crippen molar-refractivity contribution in [2.24, 2.45) is 0 Å². The third-order valence-electron chi connectivity index (χ3n) is 3.54. The van der Waals surface area contributed by atoms with Crippen molar-refractivity contribution in [3.63, 3.8) is 0 Å². The second kappa shape index (κ2) is 6.91. The average Bonchev–Trinajstić information content (AvgIpc) is 2.47. The van der Waals surface area contributed by atoms with Crippen LogP contribution in [0.2, 0.25) is 10.0 Å². The maximum atomic E-state index is 6.31. The third kappa shape index (κ3) is 3.66. The first-order valence-electron chi connectivity index (χ1n) is 6.70. The molecule has 0 spiro atoms. The van der Waals surface area contributed by atoms with Crippen LogP contribution in [0, 0.1) is 0 Å². The van der Waals surface area contributed by atoms with Crippen molar-refractivity contribution in [3.8, 4) is 5.75 Å². The topological polar surface area (TPSA) is 9.23 Å². The predicted molar refractivity (Wildman–Crippen MR) is 91.2 cm³/mol. The lowest BCUT2D eigenvalue weighted by Crippen LogP contribution is -2.19. The van der Waals surface area contributed by atoms with Crippen LogP contribution in [-0.4, -0.2) is 12.5 Å². The Hall–Kier alpha value is -0.890. The molecular weight excluding hydrogens is 327 g/mol. The Balaban J connectivity index is 2.41. The largest absolute Gasteiger partial charge is 0.489 e. The summed E-state index contributed by atoms with van der Waals surface area (Å²) >= 11 is 18.3. The highest BCUT2D eigenvalue weighted by atomic mass is 35.5. The molecule has 0 heterocycles. The normalized spacial score (nSPS) is 11.5. The smallest absolute Gasteiger partial charge is 0.156 e. The zero-order chi connectivity index (χ0) is 15.5. The summed E-state index contributed by atoms with van der Waals surface area (Å²) < 4.78 is 5.49. The van der Waals surface area contributed by atoms with Crippen molar-refractivity contribution in [2.45, 2.75) is 19.3 Å². The molecule has 2 aromatic rings. The summed E-state index contributed by atoms with van der Waals surface area (Å²) in [7, 11) is 0. The Bertz CT molecular complexity index is 586. The second-order valence-electron chi connectivity index (χ2n) is 5.30. The molecule has 4 heteroatoms. The van der Waals surface area contributed by atoms with Gasteiger partial charge >= 0.3 is 0 Å².